The van der Waals surface area contributed by atoms with E-state index >= 15 is 0 Å². The van der Waals surface area contributed by atoms with Gasteiger partial charge >= 0.3 is 0 Å². The lowest BCUT2D eigenvalue weighted by molar-refractivity contribution is 0.444. The molecule has 1 rings (SSSR count). The number of halogens is 2. The molecule has 0 aliphatic rings. The molecule has 10 heavy (non-hydrogen) atoms. The van der Waals surface area contributed by atoms with Crippen LogP contribution in [0.5, 0.6) is 0 Å². The maximum atomic E-state index is 11.9. The lowest BCUT2D eigenvalue weighted by Gasteiger charge is -1.94. The molecule has 0 radical (unpaired) electrons. The highest BCUT2D eigenvalue weighted by Crippen LogP contribution is 2.02. The van der Waals surface area contributed by atoms with Crippen molar-refractivity contribution in [3.63, 3.8) is 0 Å². The average Bonchev–Trinajstić information content (AvgIpc) is 2.37. The van der Waals surface area contributed by atoms with Crippen molar-refractivity contribution >= 4 is 0 Å². The van der Waals surface area contributed by atoms with Crippen molar-refractivity contribution < 1.29 is 8.78 Å². The second-order valence-electron chi connectivity index (χ2n) is 2.08. The fourth-order valence-electron chi connectivity index (χ4n) is 0.806. The van der Waals surface area contributed by atoms with E-state index in [9.17, 15) is 8.78 Å². The third kappa shape index (κ3) is 1.56. The maximum Gasteiger partial charge on any atom is 0.116 e. The van der Waals surface area contributed by atoms with Crippen LogP contribution in [0.25, 0.3) is 0 Å². The number of rotatable bonds is 3. The molecule has 0 saturated heterocycles. The van der Waals surface area contributed by atoms with Gasteiger partial charge in [0.15, 0.2) is 0 Å². The molecule has 0 amide bonds. The molecule has 0 spiro atoms. The summed E-state index contributed by atoms with van der Waals surface area (Å²) in [5.41, 5.74) is 0.605. The van der Waals surface area contributed by atoms with Crippen LogP contribution in [-0.4, -0.2) is 11.2 Å². The molecule has 1 heterocycles. The summed E-state index contributed by atoms with van der Waals surface area (Å²) < 4.78 is 25.2. The number of alkyl halides is 2. The summed E-state index contributed by atoms with van der Waals surface area (Å²) in [6.07, 6.45) is 3.29. The molecule has 0 saturated carbocycles. The van der Waals surface area contributed by atoms with Gasteiger partial charge in [0.05, 0.1) is 6.54 Å². The van der Waals surface area contributed by atoms with Gasteiger partial charge in [0.25, 0.3) is 0 Å². The van der Waals surface area contributed by atoms with Crippen molar-refractivity contribution in [2.75, 3.05) is 6.67 Å². The SMILES string of the molecule is FCCn1ccc(CF)c1. The number of hydrogen-bond donors (Lipinski definition) is 0. The molecule has 0 unspecified atom stereocenters. The second kappa shape index (κ2) is 3.34. The van der Waals surface area contributed by atoms with Crippen molar-refractivity contribution in [3.05, 3.63) is 24.0 Å². The van der Waals surface area contributed by atoms with Crippen molar-refractivity contribution in [2.45, 2.75) is 13.2 Å². The molecule has 3 heteroatoms. The Kier molecular flexibility index (Phi) is 2.42. The summed E-state index contributed by atoms with van der Waals surface area (Å²) in [7, 11) is 0. The van der Waals surface area contributed by atoms with E-state index in [2.05, 4.69) is 0 Å². The second-order valence-corrected chi connectivity index (χ2v) is 2.08. The molecule has 0 aromatic carbocycles. The predicted octanol–water partition coefficient (Wildman–Crippen LogP) is 1.93. The van der Waals surface area contributed by atoms with Gasteiger partial charge in [-0.1, -0.05) is 0 Å². The van der Waals surface area contributed by atoms with E-state index in [1.165, 1.54) is 0 Å². The topological polar surface area (TPSA) is 4.93 Å². The monoisotopic (exact) mass is 145 g/mol. The van der Waals surface area contributed by atoms with E-state index in [0.29, 0.717) is 12.1 Å². The highest BCUT2D eigenvalue weighted by molar-refractivity contribution is 5.08. The molecular weight excluding hydrogens is 136 g/mol. The summed E-state index contributed by atoms with van der Waals surface area (Å²) in [6.45, 7) is -0.556. The van der Waals surface area contributed by atoms with E-state index in [0.717, 1.165) is 0 Å². The maximum absolute atomic E-state index is 11.9. The number of nitrogens with zero attached hydrogens (tertiary/aromatic N) is 1. The van der Waals surface area contributed by atoms with Crippen LogP contribution in [-0.2, 0) is 13.2 Å². The van der Waals surface area contributed by atoms with Gasteiger partial charge in [-0.05, 0) is 6.07 Å². The van der Waals surface area contributed by atoms with Gasteiger partial charge < -0.3 is 4.57 Å². The minimum absolute atomic E-state index is 0.319. The Balaban J connectivity index is 2.59. The fraction of sp³-hybridized carbons (Fsp3) is 0.429. The Morgan fingerprint density at radius 2 is 2.20 bits per heavy atom. The van der Waals surface area contributed by atoms with Gasteiger partial charge in [0, 0.05) is 18.0 Å². The first kappa shape index (κ1) is 7.25. The Hall–Kier alpha value is -0.860. The van der Waals surface area contributed by atoms with Crippen LogP contribution in [0.4, 0.5) is 8.78 Å². The van der Waals surface area contributed by atoms with Crippen LogP contribution in [0.15, 0.2) is 18.5 Å². The smallest absolute Gasteiger partial charge is 0.116 e. The van der Waals surface area contributed by atoms with E-state index < -0.39 is 13.3 Å². The molecule has 0 fully saturated rings. The summed E-state index contributed by atoms with van der Waals surface area (Å²) in [4.78, 5) is 0. The first-order valence-electron chi connectivity index (χ1n) is 3.13. The first-order chi connectivity index (χ1) is 4.86. The Morgan fingerprint density at radius 3 is 2.70 bits per heavy atom. The zero-order valence-corrected chi connectivity index (χ0v) is 5.56. The molecule has 1 aromatic rings. The zero-order chi connectivity index (χ0) is 7.40. The van der Waals surface area contributed by atoms with Gasteiger partial charge in [-0.2, -0.15) is 0 Å². The van der Waals surface area contributed by atoms with E-state index in [4.69, 9.17) is 0 Å². The number of aryl methyl sites for hydroxylation is 1. The highest BCUT2D eigenvalue weighted by Gasteiger charge is 1.93. The van der Waals surface area contributed by atoms with E-state index in [1.807, 2.05) is 0 Å². The normalized spacial score (nSPS) is 10.2. The summed E-state index contributed by atoms with van der Waals surface area (Å²) >= 11 is 0. The number of aromatic nitrogens is 1. The predicted molar refractivity (Wildman–Crippen MR) is 35.2 cm³/mol. The third-order valence-electron chi connectivity index (χ3n) is 1.31. The minimum atomic E-state index is -0.473. The Morgan fingerprint density at radius 1 is 1.40 bits per heavy atom. The van der Waals surface area contributed by atoms with Gasteiger partial charge in [0.2, 0.25) is 0 Å². The molecule has 0 bridgehead atoms. The summed E-state index contributed by atoms with van der Waals surface area (Å²) in [5, 5.41) is 0. The molecule has 1 nitrogen and oxygen atoms in total. The minimum Gasteiger partial charge on any atom is -0.351 e. The highest BCUT2D eigenvalue weighted by atomic mass is 19.1. The molecule has 0 aliphatic carbocycles. The number of hydrogen-bond acceptors (Lipinski definition) is 0. The molecule has 1 aromatic heterocycles. The lowest BCUT2D eigenvalue weighted by atomic mass is 10.4. The molecule has 0 N–H and O–H groups in total. The summed E-state index contributed by atoms with van der Waals surface area (Å²) in [5.74, 6) is 0. The van der Waals surface area contributed by atoms with Crippen LogP contribution >= 0.6 is 0 Å². The van der Waals surface area contributed by atoms with E-state index in [-0.39, 0.29) is 0 Å². The molecule has 0 atom stereocenters. The van der Waals surface area contributed by atoms with Crippen LogP contribution in [0.3, 0.4) is 0 Å². The molecule has 56 valence electrons. The van der Waals surface area contributed by atoms with Crippen LogP contribution in [0.1, 0.15) is 5.56 Å². The standard InChI is InChI=1S/C7H9F2N/c8-2-4-10-3-1-7(5-9)6-10/h1,3,6H,2,4-5H2. The van der Waals surface area contributed by atoms with Gasteiger partial charge in [0.1, 0.15) is 13.3 Å². The van der Waals surface area contributed by atoms with Gasteiger partial charge in [-0.25, -0.2) is 8.78 Å². The molecule has 0 aliphatic heterocycles. The Bertz CT molecular complexity index is 195. The lowest BCUT2D eigenvalue weighted by Crippen LogP contribution is -1.94. The zero-order valence-electron chi connectivity index (χ0n) is 5.56. The quantitative estimate of drug-likeness (QED) is 0.612. The van der Waals surface area contributed by atoms with Gasteiger partial charge in [-0.3, -0.25) is 0 Å². The summed E-state index contributed by atoms with van der Waals surface area (Å²) in [6, 6.07) is 1.65. The largest absolute Gasteiger partial charge is 0.351 e. The van der Waals surface area contributed by atoms with Crippen LogP contribution in [0.2, 0.25) is 0 Å². The molecular formula is C7H9F2N. The van der Waals surface area contributed by atoms with Crippen LogP contribution < -0.4 is 0 Å². The van der Waals surface area contributed by atoms with Crippen molar-refractivity contribution in [1.29, 1.82) is 0 Å². The van der Waals surface area contributed by atoms with Crippen molar-refractivity contribution in [1.82, 2.24) is 4.57 Å². The van der Waals surface area contributed by atoms with Crippen molar-refractivity contribution in [3.8, 4) is 0 Å². The average molecular weight is 145 g/mol. The fourth-order valence-corrected chi connectivity index (χ4v) is 0.806. The van der Waals surface area contributed by atoms with Crippen LogP contribution in [0, 0.1) is 0 Å². The first-order valence-corrected chi connectivity index (χ1v) is 3.13. The third-order valence-corrected chi connectivity index (χ3v) is 1.31. The van der Waals surface area contributed by atoms with Gasteiger partial charge in [-0.15, -0.1) is 0 Å². The Labute approximate surface area is 58.3 Å². The van der Waals surface area contributed by atoms with Crippen molar-refractivity contribution in [2.24, 2.45) is 0 Å². The van der Waals surface area contributed by atoms with E-state index in [1.54, 1.807) is 23.0 Å².